The van der Waals surface area contributed by atoms with E-state index >= 15 is 0 Å². The van der Waals surface area contributed by atoms with Gasteiger partial charge >= 0.3 is 0 Å². The Morgan fingerprint density at radius 1 is 1.03 bits per heavy atom. The van der Waals surface area contributed by atoms with E-state index in [0.717, 1.165) is 0 Å². The summed E-state index contributed by atoms with van der Waals surface area (Å²) in [4.78, 5) is 36.9. The molecular formula is C18H30I3N3O8. The molecule has 1 aromatic carbocycles. The predicted molar refractivity (Wildman–Crippen MR) is 148 cm³/mol. The Hall–Kier alpha value is -0.380. The van der Waals surface area contributed by atoms with E-state index in [-0.39, 0.29) is 43.8 Å². The van der Waals surface area contributed by atoms with Gasteiger partial charge in [-0.25, -0.2) is 0 Å². The summed E-state index contributed by atoms with van der Waals surface area (Å²) >= 11 is 6.16. The molecule has 0 saturated carbocycles. The first-order chi connectivity index (χ1) is 14.0. The first-order valence-corrected chi connectivity index (χ1v) is 11.6. The second kappa shape index (κ2) is 18.0. The molecule has 1 rings (SSSR count). The normalized spacial score (nSPS) is 9.59. The third-order valence-electron chi connectivity index (χ3n) is 3.57. The Morgan fingerprint density at radius 3 is 1.84 bits per heavy atom. The molecule has 7 N–H and O–H groups in total. The van der Waals surface area contributed by atoms with Gasteiger partial charge in [-0.05, 0) is 67.8 Å². The molecule has 0 bridgehead atoms. The summed E-state index contributed by atoms with van der Waals surface area (Å²) in [5, 5.41) is 29.9. The number of benzene rings is 1. The molecule has 0 aromatic heterocycles. The standard InChI is InChI=1S/C13H14I3N3O3.C4H10O4.CH4.H2O/c1-5(20)18-11-8(14)7(13(22)17-3)9(15)12(10(11)16)19(4)6(2)21;5-1-4(2-6)8-3-7;;/h1-4H3,(H,17,22)(H,18,20);4-7H,1-3H2;1H4;1H2. The van der Waals surface area contributed by atoms with Crippen molar-refractivity contribution in [2.75, 3.05) is 44.3 Å². The van der Waals surface area contributed by atoms with Gasteiger partial charge in [0.05, 0.1) is 40.9 Å². The molecule has 186 valence electrons. The van der Waals surface area contributed by atoms with Crippen molar-refractivity contribution in [3.63, 3.8) is 0 Å². The molecule has 3 amide bonds. The zero-order valence-corrected chi connectivity index (χ0v) is 23.7. The summed E-state index contributed by atoms with van der Waals surface area (Å²) in [7, 11) is 3.18. The van der Waals surface area contributed by atoms with E-state index in [1.54, 1.807) is 14.1 Å². The molecule has 0 heterocycles. The highest BCUT2D eigenvalue weighted by molar-refractivity contribution is 14.1. The molecule has 0 saturated heterocycles. The van der Waals surface area contributed by atoms with Gasteiger partial charge in [0, 0.05) is 27.9 Å². The van der Waals surface area contributed by atoms with Crippen molar-refractivity contribution in [3.8, 4) is 0 Å². The topological polar surface area (TPSA) is 180 Å². The number of nitrogens with zero attached hydrogens (tertiary/aromatic N) is 1. The molecule has 0 radical (unpaired) electrons. The number of aliphatic hydroxyl groups excluding tert-OH is 3. The number of halogens is 3. The van der Waals surface area contributed by atoms with Crippen LogP contribution in [-0.4, -0.2) is 78.7 Å². The number of aliphatic hydroxyl groups is 3. The quantitative estimate of drug-likeness (QED) is 0.201. The van der Waals surface area contributed by atoms with Gasteiger partial charge in [-0.3, -0.25) is 14.4 Å². The first-order valence-electron chi connectivity index (χ1n) is 8.36. The van der Waals surface area contributed by atoms with Gasteiger partial charge in [0.15, 0.2) is 0 Å². The fourth-order valence-electron chi connectivity index (χ4n) is 1.98. The lowest BCUT2D eigenvalue weighted by Gasteiger charge is -2.24. The number of carbonyl (C=O) groups excluding carboxylic acids is 3. The minimum absolute atomic E-state index is 0. The molecule has 0 unspecified atom stereocenters. The summed E-state index contributed by atoms with van der Waals surface area (Å²) in [5.41, 5.74) is 1.59. The van der Waals surface area contributed by atoms with Crippen LogP contribution in [0, 0.1) is 10.7 Å². The zero-order valence-electron chi connectivity index (χ0n) is 17.3. The number of nitrogens with one attached hydrogen (secondary N) is 2. The Kier molecular flexibility index (Phi) is 20.4. The van der Waals surface area contributed by atoms with Crippen LogP contribution in [0.5, 0.6) is 0 Å². The summed E-state index contributed by atoms with van der Waals surface area (Å²) in [6.45, 7) is 1.85. The van der Waals surface area contributed by atoms with Crippen LogP contribution < -0.4 is 15.5 Å². The number of hydrogen-bond donors (Lipinski definition) is 5. The Labute approximate surface area is 228 Å². The van der Waals surface area contributed by atoms with Crippen LogP contribution >= 0.6 is 67.8 Å². The largest absolute Gasteiger partial charge is 0.412 e. The van der Waals surface area contributed by atoms with Gasteiger partial charge in [0.2, 0.25) is 11.8 Å². The summed E-state index contributed by atoms with van der Waals surface area (Å²) < 4.78 is 6.42. The van der Waals surface area contributed by atoms with Crippen molar-refractivity contribution in [2.24, 2.45) is 0 Å². The molecular weight excluding hydrogens is 767 g/mol. The summed E-state index contributed by atoms with van der Waals surface area (Å²) in [5.74, 6) is -0.667. The van der Waals surface area contributed by atoms with E-state index in [1.807, 2.05) is 22.6 Å². The Bertz CT molecular complexity index is 777. The fourth-order valence-corrected chi connectivity index (χ4v) is 6.63. The van der Waals surface area contributed by atoms with Gasteiger partial charge in [0.1, 0.15) is 12.9 Å². The fraction of sp³-hybridized carbons (Fsp3) is 0.500. The van der Waals surface area contributed by atoms with Crippen LogP contribution in [0.3, 0.4) is 0 Å². The third kappa shape index (κ3) is 10.3. The van der Waals surface area contributed by atoms with Crippen molar-refractivity contribution in [1.29, 1.82) is 0 Å². The summed E-state index contributed by atoms with van der Waals surface area (Å²) in [6, 6.07) is 0. The van der Waals surface area contributed by atoms with Crippen molar-refractivity contribution < 1.29 is 39.9 Å². The van der Waals surface area contributed by atoms with Crippen molar-refractivity contribution in [1.82, 2.24) is 5.32 Å². The molecule has 0 aliphatic carbocycles. The minimum Gasteiger partial charge on any atom is -0.412 e. The van der Waals surface area contributed by atoms with Crippen molar-refractivity contribution in [2.45, 2.75) is 27.4 Å². The van der Waals surface area contributed by atoms with Crippen LogP contribution in [0.2, 0.25) is 0 Å². The highest BCUT2D eigenvalue weighted by Gasteiger charge is 2.27. The minimum atomic E-state index is -0.639. The molecule has 0 spiro atoms. The maximum Gasteiger partial charge on any atom is 0.253 e. The number of hydrogen-bond acceptors (Lipinski definition) is 7. The highest BCUT2D eigenvalue weighted by Crippen LogP contribution is 2.40. The SMILES string of the molecule is C.CNC(=O)c1c(I)c(NC(C)=O)c(I)c(N(C)C(C)=O)c1I.O.OCOC(CO)CO. The number of carbonyl (C=O) groups is 3. The number of rotatable bonds is 7. The molecule has 1 aromatic rings. The van der Waals surface area contributed by atoms with E-state index in [9.17, 15) is 14.4 Å². The lowest BCUT2D eigenvalue weighted by Crippen LogP contribution is -2.29. The maximum absolute atomic E-state index is 12.2. The van der Waals surface area contributed by atoms with Crippen LogP contribution in [0.4, 0.5) is 11.4 Å². The van der Waals surface area contributed by atoms with Gasteiger partial charge in [-0.15, -0.1) is 0 Å². The maximum atomic E-state index is 12.2. The average molecular weight is 797 g/mol. The molecule has 0 aliphatic heterocycles. The van der Waals surface area contributed by atoms with E-state index in [1.165, 1.54) is 18.7 Å². The number of anilines is 2. The Morgan fingerprint density at radius 2 is 1.53 bits per heavy atom. The summed E-state index contributed by atoms with van der Waals surface area (Å²) in [6.07, 6.45) is -0.639. The van der Waals surface area contributed by atoms with E-state index in [4.69, 9.17) is 15.3 Å². The van der Waals surface area contributed by atoms with Gasteiger partial charge in [-0.2, -0.15) is 0 Å². The zero-order chi connectivity index (χ0) is 23.6. The first kappa shape index (κ1) is 36.2. The lowest BCUT2D eigenvalue weighted by atomic mass is 10.1. The second-order valence-electron chi connectivity index (χ2n) is 5.66. The average Bonchev–Trinajstić information content (AvgIpc) is 2.69. The van der Waals surface area contributed by atoms with Gasteiger partial charge in [0.25, 0.3) is 5.91 Å². The third-order valence-corrected chi connectivity index (χ3v) is 6.75. The van der Waals surface area contributed by atoms with E-state index in [0.29, 0.717) is 27.6 Å². The highest BCUT2D eigenvalue weighted by atomic mass is 127. The van der Waals surface area contributed by atoms with E-state index in [2.05, 4.69) is 60.6 Å². The van der Waals surface area contributed by atoms with Crippen LogP contribution in [0.1, 0.15) is 31.6 Å². The number of amides is 3. The molecule has 11 nitrogen and oxygen atoms in total. The van der Waals surface area contributed by atoms with Crippen LogP contribution in [0.15, 0.2) is 0 Å². The van der Waals surface area contributed by atoms with Crippen molar-refractivity contribution >= 4 is 96.9 Å². The molecule has 14 heteroatoms. The van der Waals surface area contributed by atoms with E-state index < -0.39 is 12.9 Å². The molecule has 0 fully saturated rings. The van der Waals surface area contributed by atoms with Crippen molar-refractivity contribution in [3.05, 3.63) is 16.3 Å². The molecule has 0 atom stereocenters. The smallest absolute Gasteiger partial charge is 0.253 e. The predicted octanol–water partition coefficient (Wildman–Crippen LogP) is 0.918. The van der Waals surface area contributed by atoms with Crippen LogP contribution in [0.25, 0.3) is 0 Å². The van der Waals surface area contributed by atoms with Crippen LogP contribution in [-0.2, 0) is 14.3 Å². The van der Waals surface area contributed by atoms with Gasteiger partial charge in [-0.1, -0.05) is 7.43 Å². The van der Waals surface area contributed by atoms with Gasteiger partial charge < -0.3 is 41.1 Å². The second-order valence-corrected chi connectivity index (χ2v) is 8.90. The molecule has 0 aliphatic rings. The Balaban J connectivity index is -0.000000723. The number of ether oxygens (including phenoxy) is 1. The monoisotopic (exact) mass is 797 g/mol. The lowest BCUT2D eigenvalue weighted by molar-refractivity contribution is -0.116. The molecule has 32 heavy (non-hydrogen) atoms.